The molecule has 0 saturated heterocycles. The number of hydrogen-bond acceptors (Lipinski definition) is 7. The third-order valence-electron chi connectivity index (χ3n) is 3.40. The fourth-order valence-electron chi connectivity index (χ4n) is 2.15. The zero-order valence-corrected chi connectivity index (χ0v) is 15.3. The van der Waals surface area contributed by atoms with Gasteiger partial charge in [-0.1, -0.05) is 11.8 Å². The van der Waals surface area contributed by atoms with Gasteiger partial charge in [-0.2, -0.15) is 8.78 Å². The second kappa shape index (κ2) is 9.65. The van der Waals surface area contributed by atoms with Gasteiger partial charge in [0.25, 0.3) is 17.4 Å². The highest BCUT2D eigenvalue weighted by Crippen LogP contribution is 2.26. The Morgan fingerprint density at radius 1 is 1.21 bits per heavy atom. The smallest absolute Gasteiger partial charge is 0.338 e. The maximum Gasteiger partial charge on any atom is 0.338 e. The number of alkyl halides is 2. The molecule has 0 aromatic heterocycles. The Kier molecular flexibility index (Phi) is 7.27. The number of hydrogen-bond donors (Lipinski definition) is 2. The number of amides is 1. The molecular weight excluding hydrogens is 396 g/mol. The average Bonchev–Trinajstić information content (AvgIpc) is 2.66. The molecule has 0 bridgehead atoms. The van der Waals surface area contributed by atoms with Crippen molar-refractivity contribution in [1.82, 2.24) is 0 Å². The quantitative estimate of drug-likeness (QED) is 0.295. The van der Waals surface area contributed by atoms with Crippen LogP contribution in [0.1, 0.15) is 10.4 Å². The van der Waals surface area contributed by atoms with Gasteiger partial charge >= 0.3 is 5.97 Å². The molecule has 0 spiro atoms. The van der Waals surface area contributed by atoms with Crippen molar-refractivity contribution in [1.29, 1.82) is 0 Å². The van der Waals surface area contributed by atoms with Gasteiger partial charge in [-0.05, 0) is 36.4 Å². The number of nitrogens with one attached hydrogen (secondary N) is 2. The van der Waals surface area contributed by atoms with Crippen molar-refractivity contribution in [3.05, 3.63) is 58.1 Å². The Morgan fingerprint density at radius 2 is 1.89 bits per heavy atom. The maximum absolute atomic E-state index is 12.3. The molecule has 2 N–H and O–H groups in total. The number of carbonyl (C=O) groups excluding carboxylic acids is 2. The highest BCUT2D eigenvalue weighted by Gasteiger charge is 2.18. The van der Waals surface area contributed by atoms with Crippen LogP contribution in [0.15, 0.2) is 47.4 Å². The largest absolute Gasteiger partial charge is 0.452 e. The van der Waals surface area contributed by atoms with E-state index >= 15 is 0 Å². The molecule has 0 aliphatic carbocycles. The Hall–Kier alpha value is -3.21. The van der Waals surface area contributed by atoms with E-state index in [0.717, 1.165) is 6.07 Å². The number of nitro benzene ring substituents is 1. The van der Waals surface area contributed by atoms with Crippen molar-refractivity contribution in [2.45, 2.75) is 10.7 Å². The summed E-state index contributed by atoms with van der Waals surface area (Å²) in [6.45, 7) is -0.617. The fourth-order valence-corrected chi connectivity index (χ4v) is 2.65. The molecule has 2 aromatic rings. The summed E-state index contributed by atoms with van der Waals surface area (Å²) in [4.78, 5) is 34.6. The standard InChI is InChI=1S/C17H15F2N3O5S/c1-20-13-7-2-10(8-14(13)22(25)26)16(24)27-9-15(23)21-11-3-5-12(6-4-11)28-17(18)19/h2-8,17,20H,9H2,1H3,(H,21,23). The number of anilines is 2. The van der Waals surface area contributed by atoms with Crippen molar-refractivity contribution in [2.24, 2.45) is 0 Å². The van der Waals surface area contributed by atoms with Crippen LogP contribution in [-0.2, 0) is 9.53 Å². The van der Waals surface area contributed by atoms with Gasteiger partial charge in [-0.25, -0.2) is 4.79 Å². The lowest BCUT2D eigenvalue weighted by atomic mass is 10.1. The van der Waals surface area contributed by atoms with E-state index in [1.54, 1.807) is 0 Å². The molecule has 28 heavy (non-hydrogen) atoms. The number of esters is 1. The molecule has 8 nitrogen and oxygen atoms in total. The number of ether oxygens (including phenoxy) is 1. The van der Waals surface area contributed by atoms with Gasteiger partial charge in [0.05, 0.1) is 10.5 Å². The Balaban J connectivity index is 1.92. The Labute approximate surface area is 162 Å². The molecule has 2 aromatic carbocycles. The normalized spacial score (nSPS) is 10.4. The fraction of sp³-hybridized carbons (Fsp3) is 0.176. The van der Waals surface area contributed by atoms with Crippen LogP contribution in [0, 0.1) is 10.1 Å². The summed E-state index contributed by atoms with van der Waals surface area (Å²) in [5.41, 5.74) is 0.191. The van der Waals surface area contributed by atoms with Crippen LogP contribution in [0.4, 0.5) is 25.8 Å². The summed E-state index contributed by atoms with van der Waals surface area (Å²) in [5.74, 6) is -4.09. The Morgan fingerprint density at radius 3 is 2.46 bits per heavy atom. The number of rotatable bonds is 8. The Bertz CT molecular complexity index is 878. The van der Waals surface area contributed by atoms with Gasteiger partial charge in [-0.15, -0.1) is 0 Å². The summed E-state index contributed by atoms with van der Waals surface area (Å²) in [6.07, 6.45) is 0. The minimum absolute atomic E-state index is 0.0770. The van der Waals surface area contributed by atoms with Crippen molar-refractivity contribution < 1.29 is 28.0 Å². The molecule has 0 fully saturated rings. The van der Waals surface area contributed by atoms with Crippen molar-refractivity contribution in [3.63, 3.8) is 0 Å². The number of nitro groups is 1. The third-order valence-corrected chi connectivity index (χ3v) is 4.12. The van der Waals surface area contributed by atoms with Crippen molar-refractivity contribution >= 4 is 40.7 Å². The first kappa shape index (κ1) is 21.1. The van der Waals surface area contributed by atoms with Crippen LogP contribution in [0.2, 0.25) is 0 Å². The van der Waals surface area contributed by atoms with Crippen molar-refractivity contribution in [2.75, 3.05) is 24.3 Å². The third kappa shape index (κ3) is 5.91. The predicted octanol–water partition coefficient (Wildman–Crippen LogP) is 3.75. The summed E-state index contributed by atoms with van der Waals surface area (Å²) < 4.78 is 29.4. The average molecular weight is 411 g/mol. The molecule has 0 unspecified atom stereocenters. The second-order valence-corrected chi connectivity index (χ2v) is 6.33. The molecule has 2 rings (SSSR count). The minimum Gasteiger partial charge on any atom is -0.452 e. The predicted molar refractivity (Wildman–Crippen MR) is 99.9 cm³/mol. The first-order chi connectivity index (χ1) is 13.3. The van der Waals surface area contributed by atoms with Gasteiger partial charge in [0.15, 0.2) is 6.61 Å². The van der Waals surface area contributed by atoms with E-state index in [-0.39, 0.29) is 16.9 Å². The number of benzene rings is 2. The zero-order chi connectivity index (χ0) is 20.7. The summed E-state index contributed by atoms with van der Waals surface area (Å²) >= 11 is 0.376. The molecule has 1 amide bonds. The van der Waals surface area contributed by atoms with Gasteiger partial charge in [0, 0.05) is 23.7 Å². The van der Waals surface area contributed by atoms with Crippen LogP contribution in [-0.4, -0.2) is 36.2 Å². The van der Waals surface area contributed by atoms with Gasteiger partial charge in [0.2, 0.25) is 0 Å². The summed E-state index contributed by atoms with van der Waals surface area (Å²) in [6, 6.07) is 9.44. The monoisotopic (exact) mass is 411 g/mol. The van der Waals surface area contributed by atoms with Crippen LogP contribution >= 0.6 is 11.8 Å². The van der Waals surface area contributed by atoms with Crippen LogP contribution < -0.4 is 10.6 Å². The molecule has 0 aliphatic heterocycles. The van der Waals surface area contributed by atoms with E-state index in [1.807, 2.05) is 0 Å². The SMILES string of the molecule is CNc1ccc(C(=O)OCC(=O)Nc2ccc(SC(F)F)cc2)cc1[N+](=O)[O-]. The molecule has 0 saturated carbocycles. The first-order valence-electron chi connectivity index (χ1n) is 7.78. The molecular formula is C17H15F2N3O5S. The highest BCUT2D eigenvalue weighted by atomic mass is 32.2. The minimum atomic E-state index is -2.54. The van der Waals surface area contributed by atoms with Gasteiger partial charge in [-0.3, -0.25) is 14.9 Å². The second-order valence-electron chi connectivity index (χ2n) is 5.27. The van der Waals surface area contributed by atoms with E-state index in [4.69, 9.17) is 4.74 Å². The molecule has 11 heteroatoms. The van der Waals surface area contributed by atoms with Crippen LogP contribution in [0.25, 0.3) is 0 Å². The van der Waals surface area contributed by atoms with E-state index < -0.39 is 29.2 Å². The van der Waals surface area contributed by atoms with E-state index in [2.05, 4.69) is 10.6 Å². The van der Waals surface area contributed by atoms with Gasteiger partial charge in [0.1, 0.15) is 5.69 Å². The van der Waals surface area contributed by atoms with Gasteiger partial charge < -0.3 is 15.4 Å². The van der Waals surface area contributed by atoms with Crippen LogP contribution in [0.3, 0.4) is 0 Å². The molecule has 0 aliphatic rings. The first-order valence-corrected chi connectivity index (χ1v) is 8.66. The maximum atomic E-state index is 12.3. The van der Waals surface area contributed by atoms with E-state index in [0.29, 0.717) is 22.3 Å². The molecule has 148 valence electrons. The number of thioether (sulfide) groups is 1. The van der Waals surface area contributed by atoms with Crippen LogP contribution in [0.5, 0.6) is 0 Å². The molecule has 0 heterocycles. The number of nitrogens with zero attached hydrogens (tertiary/aromatic N) is 1. The number of halogens is 2. The molecule has 0 atom stereocenters. The van der Waals surface area contributed by atoms with E-state index in [1.165, 1.54) is 43.4 Å². The highest BCUT2D eigenvalue weighted by molar-refractivity contribution is 7.99. The van der Waals surface area contributed by atoms with Crippen molar-refractivity contribution in [3.8, 4) is 0 Å². The number of carbonyl (C=O) groups is 2. The topological polar surface area (TPSA) is 111 Å². The lowest BCUT2D eigenvalue weighted by molar-refractivity contribution is -0.384. The summed E-state index contributed by atoms with van der Waals surface area (Å²) in [7, 11) is 1.50. The summed E-state index contributed by atoms with van der Waals surface area (Å²) in [5, 5.41) is 16.1. The molecule has 0 radical (unpaired) electrons. The lowest BCUT2D eigenvalue weighted by Gasteiger charge is -2.08. The van der Waals surface area contributed by atoms with E-state index in [9.17, 15) is 28.5 Å². The zero-order valence-electron chi connectivity index (χ0n) is 14.5. The lowest BCUT2D eigenvalue weighted by Crippen LogP contribution is -2.21.